The minimum Gasteiger partial charge on any atom is -0.378 e. The van der Waals surface area contributed by atoms with Gasteiger partial charge in [-0.05, 0) is 12.3 Å². The van der Waals surface area contributed by atoms with Crippen molar-refractivity contribution < 1.29 is 4.74 Å². The minimum atomic E-state index is 0.510. The lowest BCUT2D eigenvalue weighted by Crippen LogP contribution is -2.21. The van der Waals surface area contributed by atoms with Crippen LogP contribution in [-0.2, 0) is 17.9 Å². The van der Waals surface area contributed by atoms with E-state index in [0.717, 1.165) is 18.2 Å². The zero-order chi connectivity index (χ0) is 12.4. The fourth-order valence-corrected chi connectivity index (χ4v) is 3.18. The number of ether oxygens (including phenoxy) is 1. The van der Waals surface area contributed by atoms with Crippen LogP contribution in [0, 0.1) is 5.92 Å². The van der Waals surface area contributed by atoms with Crippen LogP contribution in [0.5, 0.6) is 0 Å². The van der Waals surface area contributed by atoms with Crippen LogP contribution in [0.15, 0.2) is 0 Å². The van der Waals surface area contributed by atoms with Crippen molar-refractivity contribution in [1.82, 2.24) is 10.3 Å². The predicted molar refractivity (Wildman–Crippen MR) is 71.3 cm³/mol. The van der Waals surface area contributed by atoms with Gasteiger partial charge in [0.2, 0.25) is 0 Å². The van der Waals surface area contributed by atoms with Gasteiger partial charge in [-0.3, -0.25) is 0 Å². The Hall–Kier alpha value is -0.450. The Morgan fingerprint density at radius 3 is 2.76 bits per heavy atom. The van der Waals surface area contributed by atoms with Crippen LogP contribution in [0.2, 0.25) is 0 Å². The van der Waals surface area contributed by atoms with E-state index in [2.05, 4.69) is 26.1 Å². The largest absolute Gasteiger partial charge is 0.378 e. The van der Waals surface area contributed by atoms with E-state index in [1.54, 1.807) is 7.11 Å². The number of nitrogens with zero attached hydrogens (tertiary/aromatic N) is 1. The molecule has 1 aromatic heterocycles. The number of methoxy groups -OCH3 is 1. The van der Waals surface area contributed by atoms with Crippen molar-refractivity contribution in [3.05, 3.63) is 15.6 Å². The maximum absolute atomic E-state index is 5.23. The lowest BCUT2D eigenvalue weighted by Gasteiger charge is -2.07. The van der Waals surface area contributed by atoms with E-state index in [0.29, 0.717) is 18.6 Å². The molecule has 1 aliphatic rings. The van der Waals surface area contributed by atoms with E-state index in [-0.39, 0.29) is 0 Å². The second-order valence-corrected chi connectivity index (χ2v) is 6.33. The summed E-state index contributed by atoms with van der Waals surface area (Å²) < 4.78 is 5.23. The van der Waals surface area contributed by atoms with Gasteiger partial charge in [0.1, 0.15) is 0 Å². The molecule has 1 N–H and O–H groups in total. The molecule has 3 nitrogen and oxygen atoms in total. The first-order chi connectivity index (χ1) is 8.11. The third-order valence-corrected chi connectivity index (χ3v) is 4.40. The third-order valence-electron chi connectivity index (χ3n) is 3.17. The Kier molecular flexibility index (Phi) is 4.17. The van der Waals surface area contributed by atoms with Crippen LogP contribution in [0.1, 0.15) is 48.7 Å². The Morgan fingerprint density at radius 1 is 1.53 bits per heavy atom. The standard InChI is InChI=1S/C13H22N2OS/c1-8(2)14-6-12-11(7-16-4)15-13(17-12)10-5-9(10)3/h8-10,14H,5-7H2,1-4H3. The smallest absolute Gasteiger partial charge is 0.0966 e. The summed E-state index contributed by atoms with van der Waals surface area (Å²) in [5.74, 6) is 1.53. The normalized spacial score (nSPS) is 23.4. The Labute approximate surface area is 108 Å². The summed E-state index contributed by atoms with van der Waals surface area (Å²) in [6.07, 6.45) is 1.30. The van der Waals surface area contributed by atoms with Crippen molar-refractivity contribution >= 4 is 11.3 Å². The molecule has 1 heterocycles. The van der Waals surface area contributed by atoms with Gasteiger partial charge in [-0.15, -0.1) is 11.3 Å². The van der Waals surface area contributed by atoms with Crippen molar-refractivity contribution in [1.29, 1.82) is 0 Å². The van der Waals surface area contributed by atoms with Crippen molar-refractivity contribution in [3.8, 4) is 0 Å². The minimum absolute atomic E-state index is 0.510. The van der Waals surface area contributed by atoms with Gasteiger partial charge in [-0.1, -0.05) is 20.8 Å². The maximum Gasteiger partial charge on any atom is 0.0966 e. The van der Waals surface area contributed by atoms with Crippen LogP contribution in [0.3, 0.4) is 0 Å². The molecule has 2 rings (SSSR count). The molecule has 0 spiro atoms. The highest BCUT2D eigenvalue weighted by molar-refractivity contribution is 7.11. The quantitative estimate of drug-likeness (QED) is 0.847. The van der Waals surface area contributed by atoms with Crippen LogP contribution in [0.25, 0.3) is 0 Å². The highest BCUT2D eigenvalue weighted by Gasteiger charge is 2.37. The Bertz CT molecular complexity index is 375. The van der Waals surface area contributed by atoms with Crippen LogP contribution in [-0.4, -0.2) is 18.1 Å². The number of nitrogens with one attached hydrogen (secondary N) is 1. The molecule has 1 aromatic rings. The number of rotatable bonds is 6. The number of hydrogen-bond acceptors (Lipinski definition) is 4. The summed E-state index contributed by atoms with van der Waals surface area (Å²) in [7, 11) is 1.73. The zero-order valence-corrected chi connectivity index (χ0v) is 11.9. The molecule has 1 aliphatic carbocycles. The first-order valence-electron chi connectivity index (χ1n) is 6.32. The fraction of sp³-hybridized carbons (Fsp3) is 0.769. The highest BCUT2D eigenvalue weighted by atomic mass is 32.1. The summed E-state index contributed by atoms with van der Waals surface area (Å²) in [4.78, 5) is 6.09. The molecule has 0 aliphatic heterocycles. The lowest BCUT2D eigenvalue weighted by molar-refractivity contribution is 0.181. The molecule has 1 saturated carbocycles. The van der Waals surface area contributed by atoms with Crippen molar-refractivity contribution in [2.24, 2.45) is 5.92 Å². The summed E-state index contributed by atoms with van der Waals surface area (Å²) in [5, 5.41) is 4.77. The van der Waals surface area contributed by atoms with Crippen LogP contribution >= 0.6 is 11.3 Å². The molecule has 1 fully saturated rings. The van der Waals surface area contributed by atoms with Gasteiger partial charge in [0, 0.05) is 30.5 Å². The monoisotopic (exact) mass is 254 g/mol. The summed E-state index contributed by atoms with van der Waals surface area (Å²) in [6.45, 7) is 8.18. The Morgan fingerprint density at radius 2 is 2.24 bits per heavy atom. The predicted octanol–water partition coefficient (Wildman–Crippen LogP) is 2.91. The van der Waals surface area contributed by atoms with Gasteiger partial charge in [-0.25, -0.2) is 4.98 Å². The molecule has 17 heavy (non-hydrogen) atoms. The average molecular weight is 254 g/mol. The van der Waals surface area contributed by atoms with Crippen molar-refractivity contribution in [2.45, 2.75) is 52.3 Å². The van der Waals surface area contributed by atoms with Crippen LogP contribution < -0.4 is 5.32 Å². The number of aromatic nitrogens is 1. The van der Waals surface area contributed by atoms with E-state index in [1.807, 2.05) is 11.3 Å². The number of hydrogen-bond donors (Lipinski definition) is 1. The van der Waals surface area contributed by atoms with Gasteiger partial charge in [0.25, 0.3) is 0 Å². The third kappa shape index (κ3) is 3.27. The van der Waals surface area contributed by atoms with Crippen molar-refractivity contribution in [3.63, 3.8) is 0 Å². The van der Waals surface area contributed by atoms with E-state index < -0.39 is 0 Å². The maximum atomic E-state index is 5.23. The summed E-state index contributed by atoms with van der Waals surface area (Å²) in [6, 6.07) is 0.510. The molecule has 0 bridgehead atoms. The molecule has 2 atom stereocenters. The molecule has 0 aromatic carbocycles. The fourth-order valence-electron chi connectivity index (χ4n) is 1.91. The van der Waals surface area contributed by atoms with E-state index >= 15 is 0 Å². The molecule has 4 heteroatoms. The van der Waals surface area contributed by atoms with Crippen LogP contribution in [0.4, 0.5) is 0 Å². The second kappa shape index (κ2) is 5.46. The van der Waals surface area contributed by atoms with E-state index in [1.165, 1.54) is 16.3 Å². The van der Waals surface area contributed by atoms with E-state index in [9.17, 15) is 0 Å². The first-order valence-corrected chi connectivity index (χ1v) is 7.14. The lowest BCUT2D eigenvalue weighted by atomic mass is 10.3. The van der Waals surface area contributed by atoms with Gasteiger partial charge in [0.05, 0.1) is 17.3 Å². The topological polar surface area (TPSA) is 34.1 Å². The SMILES string of the molecule is COCc1nc(C2CC2C)sc1CNC(C)C. The molecular formula is C13H22N2OS. The van der Waals surface area contributed by atoms with Crippen molar-refractivity contribution in [2.75, 3.05) is 7.11 Å². The first kappa shape index (κ1) is 13.0. The molecule has 0 saturated heterocycles. The van der Waals surface area contributed by atoms with Gasteiger partial charge in [0.15, 0.2) is 0 Å². The summed E-state index contributed by atoms with van der Waals surface area (Å²) in [5.41, 5.74) is 1.12. The van der Waals surface area contributed by atoms with E-state index in [4.69, 9.17) is 9.72 Å². The zero-order valence-electron chi connectivity index (χ0n) is 11.1. The number of thiazole rings is 1. The highest BCUT2D eigenvalue weighted by Crippen LogP contribution is 2.48. The van der Waals surface area contributed by atoms with Gasteiger partial charge >= 0.3 is 0 Å². The average Bonchev–Trinajstić information content (AvgIpc) is 2.86. The molecule has 2 unspecified atom stereocenters. The molecular weight excluding hydrogens is 232 g/mol. The Balaban J connectivity index is 2.08. The molecule has 0 radical (unpaired) electrons. The second-order valence-electron chi connectivity index (χ2n) is 5.21. The molecule has 0 amide bonds. The summed E-state index contributed by atoms with van der Waals surface area (Å²) >= 11 is 1.86. The van der Waals surface area contributed by atoms with Gasteiger partial charge < -0.3 is 10.1 Å². The van der Waals surface area contributed by atoms with Gasteiger partial charge in [-0.2, -0.15) is 0 Å². The molecule has 96 valence electrons.